The van der Waals surface area contributed by atoms with Crippen molar-refractivity contribution in [3.63, 3.8) is 0 Å². The number of hydrogen-bond acceptors (Lipinski definition) is 0. The molecule has 0 nitrogen and oxygen atoms in total. The molecule has 0 aromatic heterocycles. The zero-order valence-electron chi connectivity index (χ0n) is 9.19. The molecule has 1 aliphatic carbocycles. The van der Waals surface area contributed by atoms with E-state index in [2.05, 4.69) is 27.7 Å². The summed E-state index contributed by atoms with van der Waals surface area (Å²) in [6, 6.07) is 0. The first-order chi connectivity index (χ1) is 5.57. The first-order valence-electron chi connectivity index (χ1n) is 5.57. The third-order valence-electron chi connectivity index (χ3n) is 3.91. The molecular formula is C12H24. The van der Waals surface area contributed by atoms with Crippen LogP contribution in [-0.2, 0) is 0 Å². The van der Waals surface area contributed by atoms with Crippen LogP contribution in [0.3, 0.4) is 0 Å². The maximum Gasteiger partial charge on any atom is -0.0326 e. The lowest BCUT2D eigenvalue weighted by molar-refractivity contribution is 0.125. The fourth-order valence-corrected chi connectivity index (χ4v) is 2.52. The van der Waals surface area contributed by atoms with Crippen molar-refractivity contribution in [2.75, 3.05) is 0 Å². The van der Waals surface area contributed by atoms with Crippen molar-refractivity contribution in [2.45, 2.75) is 59.8 Å². The summed E-state index contributed by atoms with van der Waals surface area (Å²) < 4.78 is 0. The van der Waals surface area contributed by atoms with E-state index in [0.717, 1.165) is 11.8 Å². The van der Waals surface area contributed by atoms with Gasteiger partial charge in [0.05, 0.1) is 0 Å². The van der Waals surface area contributed by atoms with Gasteiger partial charge in [0.15, 0.2) is 0 Å². The molecule has 1 fully saturated rings. The van der Waals surface area contributed by atoms with E-state index in [0.29, 0.717) is 5.41 Å². The zero-order chi connectivity index (χ0) is 9.19. The quantitative estimate of drug-likeness (QED) is 0.578. The van der Waals surface area contributed by atoms with E-state index >= 15 is 0 Å². The molecule has 0 N–H and O–H groups in total. The fourth-order valence-electron chi connectivity index (χ4n) is 2.52. The van der Waals surface area contributed by atoms with Crippen LogP contribution in [0.15, 0.2) is 0 Å². The maximum atomic E-state index is 2.47. The Bertz CT molecular complexity index is 137. The average Bonchev–Trinajstić information content (AvgIpc) is 2.05. The van der Waals surface area contributed by atoms with E-state index in [-0.39, 0.29) is 0 Å². The van der Waals surface area contributed by atoms with E-state index in [1.807, 2.05) is 0 Å². The van der Waals surface area contributed by atoms with Crippen molar-refractivity contribution in [1.29, 1.82) is 0 Å². The van der Waals surface area contributed by atoms with Crippen molar-refractivity contribution in [3.8, 4) is 0 Å². The maximum absolute atomic E-state index is 2.47. The van der Waals surface area contributed by atoms with Crippen LogP contribution >= 0.6 is 0 Å². The highest BCUT2D eigenvalue weighted by atomic mass is 14.4. The SMILES string of the molecule is CCC1(C)CCCC(C(C)C)C1. The van der Waals surface area contributed by atoms with E-state index in [9.17, 15) is 0 Å². The second kappa shape index (κ2) is 3.81. The molecule has 0 heteroatoms. The molecule has 1 rings (SSSR count). The van der Waals surface area contributed by atoms with Crippen LogP contribution in [0.5, 0.6) is 0 Å². The molecule has 0 bridgehead atoms. The highest BCUT2D eigenvalue weighted by Gasteiger charge is 2.31. The van der Waals surface area contributed by atoms with E-state index in [4.69, 9.17) is 0 Å². The predicted octanol–water partition coefficient (Wildman–Crippen LogP) is 4.25. The lowest BCUT2D eigenvalue weighted by atomic mass is 9.67. The molecule has 0 radical (unpaired) electrons. The first-order valence-corrected chi connectivity index (χ1v) is 5.57. The minimum absolute atomic E-state index is 0.674. The van der Waals surface area contributed by atoms with Gasteiger partial charge in [-0.25, -0.2) is 0 Å². The van der Waals surface area contributed by atoms with Crippen molar-refractivity contribution in [2.24, 2.45) is 17.3 Å². The summed E-state index contributed by atoms with van der Waals surface area (Å²) in [4.78, 5) is 0. The third kappa shape index (κ3) is 2.24. The number of hydrogen-bond donors (Lipinski definition) is 0. The lowest BCUT2D eigenvalue weighted by Gasteiger charge is -2.39. The Morgan fingerprint density at radius 3 is 2.58 bits per heavy atom. The normalized spacial score (nSPS) is 37.2. The summed E-state index contributed by atoms with van der Waals surface area (Å²) in [6.45, 7) is 9.59. The molecule has 0 saturated heterocycles. The second-order valence-corrected chi connectivity index (χ2v) is 5.26. The van der Waals surface area contributed by atoms with E-state index < -0.39 is 0 Å². The van der Waals surface area contributed by atoms with Crippen LogP contribution in [0.4, 0.5) is 0 Å². The molecule has 0 aliphatic heterocycles. The topological polar surface area (TPSA) is 0 Å². The zero-order valence-corrected chi connectivity index (χ0v) is 9.19. The Kier molecular flexibility index (Phi) is 3.20. The van der Waals surface area contributed by atoms with Crippen LogP contribution < -0.4 is 0 Å². The van der Waals surface area contributed by atoms with Gasteiger partial charge in [0.25, 0.3) is 0 Å². The Morgan fingerprint density at radius 1 is 1.42 bits per heavy atom. The molecule has 0 aromatic rings. The van der Waals surface area contributed by atoms with Crippen molar-refractivity contribution < 1.29 is 0 Å². The van der Waals surface area contributed by atoms with Crippen LogP contribution in [0.2, 0.25) is 0 Å². The third-order valence-corrected chi connectivity index (χ3v) is 3.91. The van der Waals surface area contributed by atoms with Gasteiger partial charge in [-0.3, -0.25) is 0 Å². The Labute approximate surface area is 77.7 Å². The highest BCUT2D eigenvalue weighted by molar-refractivity contribution is 4.82. The first kappa shape index (κ1) is 10.1. The molecule has 2 atom stereocenters. The van der Waals surface area contributed by atoms with Crippen LogP contribution in [0.1, 0.15) is 59.8 Å². The van der Waals surface area contributed by atoms with Gasteiger partial charge in [0.1, 0.15) is 0 Å². The van der Waals surface area contributed by atoms with Crippen molar-refractivity contribution in [3.05, 3.63) is 0 Å². The van der Waals surface area contributed by atoms with Crippen LogP contribution in [0.25, 0.3) is 0 Å². The summed E-state index contributed by atoms with van der Waals surface area (Å²) in [7, 11) is 0. The minimum atomic E-state index is 0.674. The molecule has 2 unspecified atom stereocenters. The lowest BCUT2D eigenvalue weighted by Crippen LogP contribution is -2.27. The molecule has 0 heterocycles. The molecule has 0 amide bonds. The van der Waals surface area contributed by atoms with Gasteiger partial charge >= 0.3 is 0 Å². The molecule has 72 valence electrons. The van der Waals surface area contributed by atoms with E-state index in [1.165, 1.54) is 32.1 Å². The Hall–Kier alpha value is 0. The molecule has 1 saturated carbocycles. The van der Waals surface area contributed by atoms with Gasteiger partial charge in [-0.05, 0) is 30.1 Å². The Balaban J connectivity index is 2.51. The summed E-state index contributed by atoms with van der Waals surface area (Å²) in [5, 5.41) is 0. The summed E-state index contributed by atoms with van der Waals surface area (Å²) in [5.74, 6) is 1.90. The standard InChI is InChI=1S/C12H24/c1-5-12(4)8-6-7-11(9-12)10(2)3/h10-11H,5-9H2,1-4H3. The molecule has 0 spiro atoms. The van der Waals surface area contributed by atoms with Gasteiger partial charge in [-0.15, -0.1) is 0 Å². The van der Waals surface area contributed by atoms with E-state index in [1.54, 1.807) is 0 Å². The Morgan fingerprint density at radius 2 is 2.08 bits per heavy atom. The molecular weight excluding hydrogens is 144 g/mol. The van der Waals surface area contributed by atoms with Gasteiger partial charge < -0.3 is 0 Å². The molecule has 12 heavy (non-hydrogen) atoms. The molecule has 1 aliphatic rings. The van der Waals surface area contributed by atoms with Crippen LogP contribution in [-0.4, -0.2) is 0 Å². The largest absolute Gasteiger partial charge is 0.0649 e. The number of rotatable bonds is 2. The minimum Gasteiger partial charge on any atom is -0.0649 e. The van der Waals surface area contributed by atoms with Gasteiger partial charge in [0, 0.05) is 0 Å². The summed E-state index contributed by atoms with van der Waals surface area (Å²) in [6.07, 6.45) is 7.25. The van der Waals surface area contributed by atoms with Crippen molar-refractivity contribution >= 4 is 0 Å². The van der Waals surface area contributed by atoms with Gasteiger partial charge in [-0.1, -0.05) is 47.0 Å². The fraction of sp³-hybridized carbons (Fsp3) is 1.00. The van der Waals surface area contributed by atoms with Crippen LogP contribution in [0, 0.1) is 17.3 Å². The monoisotopic (exact) mass is 168 g/mol. The van der Waals surface area contributed by atoms with Crippen molar-refractivity contribution in [1.82, 2.24) is 0 Å². The summed E-state index contributed by atoms with van der Waals surface area (Å²) in [5.41, 5.74) is 0.674. The highest BCUT2D eigenvalue weighted by Crippen LogP contribution is 2.43. The smallest absolute Gasteiger partial charge is 0.0326 e. The predicted molar refractivity (Wildman–Crippen MR) is 55.2 cm³/mol. The molecule has 0 aromatic carbocycles. The van der Waals surface area contributed by atoms with Gasteiger partial charge in [0.2, 0.25) is 0 Å². The van der Waals surface area contributed by atoms with Gasteiger partial charge in [-0.2, -0.15) is 0 Å². The summed E-state index contributed by atoms with van der Waals surface area (Å²) >= 11 is 0. The second-order valence-electron chi connectivity index (χ2n) is 5.26. The average molecular weight is 168 g/mol.